The Morgan fingerprint density at radius 2 is 2.25 bits per heavy atom. The van der Waals surface area contributed by atoms with Gasteiger partial charge in [0.15, 0.2) is 0 Å². The third-order valence-electron chi connectivity index (χ3n) is 1.83. The van der Waals surface area contributed by atoms with Crippen molar-refractivity contribution in [2.24, 2.45) is 5.73 Å². The molecule has 0 bridgehead atoms. The van der Waals surface area contributed by atoms with Gasteiger partial charge in [-0.05, 0) is 12.5 Å². The van der Waals surface area contributed by atoms with Crippen molar-refractivity contribution < 1.29 is 9.50 Å². The summed E-state index contributed by atoms with van der Waals surface area (Å²) in [5.41, 5.74) is 6.62. The first-order valence-corrected chi connectivity index (χ1v) is 3.77. The molecule has 1 aromatic rings. The molecule has 0 saturated heterocycles. The van der Waals surface area contributed by atoms with Crippen LogP contribution in [0.15, 0.2) is 18.2 Å². The monoisotopic (exact) mass is 169 g/mol. The van der Waals surface area contributed by atoms with Crippen LogP contribution in [0, 0.1) is 6.92 Å². The molecule has 3 N–H and O–H groups in total. The molecule has 0 saturated carbocycles. The Balaban J connectivity index is 3.07. The highest BCUT2D eigenvalue weighted by Crippen LogP contribution is 2.25. The smallest absolute Gasteiger partial charge is 0.123 e. The molecule has 3 heteroatoms. The van der Waals surface area contributed by atoms with Crippen LogP contribution in [0.5, 0.6) is 5.75 Å². The molecule has 12 heavy (non-hydrogen) atoms. The van der Waals surface area contributed by atoms with Gasteiger partial charge in [0.05, 0.1) is 6.04 Å². The summed E-state index contributed by atoms with van der Waals surface area (Å²) in [5, 5.41) is 9.45. The van der Waals surface area contributed by atoms with E-state index in [2.05, 4.69) is 0 Å². The number of aryl methyl sites for hydroxylation is 1. The molecule has 66 valence electrons. The highest BCUT2D eigenvalue weighted by molar-refractivity contribution is 5.41. The minimum Gasteiger partial charge on any atom is -0.507 e. The van der Waals surface area contributed by atoms with Crippen LogP contribution < -0.4 is 5.73 Å². The molecule has 2 nitrogen and oxygen atoms in total. The topological polar surface area (TPSA) is 46.2 Å². The molecule has 0 aliphatic rings. The van der Waals surface area contributed by atoms with Crippen molar-refractivity contribution >= 4 is 0 Å². The predicted molar refractivity (Wildman–Crippen MR) is 45.7 cm³/mol. The molecule has 0 amide bonds. The second-order valence-corrected chi connectivity index (χ2v) is 2.77. The summed E-state index contributed by atoms with van der Waals surface area (Å²) >= 11 is 0. The summed E-state index contributed by atoms with van der Waals surface area (Å²) in [6.07, 6.45) is 0. The van der Waals surface area contributed by atoms with Crippen molar-refractivity contribution in [3.05, 3.63) is 29.3 Å². The number of rotatable bonds is 2. The number of halogens is 1. The van der Waals surface area contributed by atoms with E-state index >= 15 is 0 Å². The molecule has 0 aliphatic heterocycles. The van der Waals surface area contributed by atoms with Gasteiger partial charge in [-0.25, -0.2) is 4.39 Å². The van der Waals surface area contributed by atoms with E-state index in [1.165, 1.54) is 0 Å². The van der Waals surface area contributed by atoms with Gasteiger partial charge in [0.2, 0.25) is 0 Å². The summed E-state index contributed by atoms with van der Waals surface area (Å²) in [4.78, 5) is 0. The molecule has 0 radical (unpaired) electrons. The van der Waals surface area contributed by atoms with Gasteiger partial charge in [-0.2, -0.15) is 0 Å². The Bertz CT molecular complexity index is 275. The molecule has 0 heterocycles. The molecule has 0 unspecified atom stereocenters. The fraction of sp³-hybridized carbons (Fsp3) is 0.333. The minimum absolute atomic E-state index is 0.0997. The Morgan fingerprint density at radius 3 is 2.83 bits per heavy atom. The first kappa shape index (κ1) is 9.00. The van der Waals surface area contributed by atoms with Crippen LogP contribution in [-0.4, -0.2) is 11.8 Å². The van der Waals surface area contributed by atoms with Gasteiger partial charge < -0.3 is 10.8 Å². The van der Waals surface area contributed by atoms with Crippen LogP contribution in [0.1, 0.15) is 17.2 Å². The van der Waals surface area contributed by atoms with Gasteiger partial charge in [0, 0.05) is 5.56 Å². The van der Waals surface area contributed by atoms with E-state index in [-0.39, 0.29) is 5.75 Å². The van der Waals surface area contributed by atoms with E-state index in [0.717, 1.165) is 5.56 Å². The number of alkyl halides is 1. The highest BCUT2D eigenvalue weighted by Gasteiger charge is 2.10. The van der Waals surface area contributed by atoms with Crippen LogP contribution in [0.2, 0.25) is 0 Å². The van der Waals surface area contributed by atoms with Gasteiger partial charge >= 0.3 is 0 Å². The summed E-state index contributed by atoms with van der Waals surface area (Å²) in [6, 6.07) is 4.42. The standard InChI is InChI=1S/C9H12FNO/c1-6-3-2-4-7(9(6)12)8(11)5-10/h2-4,8,12H,5,11H2,1H3/t8-/m0/s1. The number of hydrogen-bond acceptors (Lipinski definition) is 2. The molecule has 0 aromatic heterocycles. The predicted octanol–water partition coefficient (Wildman–Crippen LogP) is 1.67. The van der Waals surface area contributed by atoms with Crippen molar-refractivity contribution in [3.63, 3.8) is 0 Å². The summed E-state index contributed by atoms with van der Waals surface area (Å²) < 4.78 is 12.1. The van der Waals surface area contributed by atoms with E-state index in [0.29, 0.717) is 5.56 Å². The number of hydrogen-bond donors (Lipinski definition) is 2. The fourth-order valence-electron chi connectivity index (χ4n) is 1.06. The van der Waals surface area contributed by atoms with E-state index in [4.69, 9.17) is 5.73 Å². The van der Waals surface area contributed by atoms with Crippen molar-refractivity contribution in [1.29, 1.82) is 0 Å². The molecular weight excluding hydrogens is 157 g/mol. The molecule has 0 spiro atoms. The van der Waals surface area contributed by atoms with Gasteiger partial charge in [-0.1, -0.05) is 18.2 Å². The zero-order valence-electron chi connectivity index (χ0n) is 6.92. The van der Waals surface area contributed by atoms with Crippen molar-refractivity contribution in [1.82, 2.24) is 0 Å². The zero-order chi connectivity index (χ0) is 9.14. The summed E-state index contributed by atoms with van der Waals surface area (Å²) in [6.45, 7) is 1.10. The Morgan fingerprint density at radius 1 is 1.58 bits per heavy atom. The van der Waals surface area contributed by atoms with Gasteiger partial charge in [-0.3, -0.25) is 0 Å². The lowest BCUT2D eigenvalue weighted by molar-refractivity contribution is 0.413. The van der Waals surface area contributed by atoms with Gasteiger partial charge in [0.1, 0.15) is 12.4 Å². The minimum atomic E-state index is -0.718. The average molecular weight is 169 g/mol. The quantitative estimate of drug-likeness (QED) is 0.707. The molecule has 1 rings (SSSR count). The average Bonchev–Trinajstić information content (AvgIpc) is 2.08. The Hall–Kier alpha value is -1.09. The lowest BCUT2D eigenvalue weighted by Crippen LogP contribution is -2.12. The number of aromatic hydroxyl groups is 1. The SMILES string of the molecule is Cc1cccc([C@@H](N)CF)c1O. The molecular formula is C9H12FNO. The number of phenols is 1. The fourth-order valence-corrected chi connectivity index (χ4v) is 1.06. The van der Waals surface area contributed by atoms with Gasteiger partial charge in [0.25, 0.3) is 0 Å². The first-order valence-electron chi connectivity index (χ1n) is 3.77. The highest BCUT2D eigenvalue weighted by atomic mass is 19.1. The van der Waals surface area contributed by atoms with Crippen LogP contribution in [0.3, 0.4) is 0 Å². The zero-order valence-corrected chi connectivity index (χ0v) is 6.92. The Labute approximate surface area is 70.8 Å². The molecule has 0 fully saturated rings. The molecule has 1 atom stereocenters. The number of nitrogens with two attached hydrogens (primary N) is 1. The molecule has 0 aliphatic carbocycles. The van der Waals surface area contributed by atoms with Crippen molar-refractivity contribution in [2.75, 3.05) is 6.67 Å². The van der Waals surface area contributed by atoms with Crippen LogP contribution in [0.4, 0.5) is 4.39 Å². The van der Waals surface area contributed by atoms with E-state index in [1.807, 2.05) is 0 Å². The van der Waals surface area contributed by atoms with Crippen LogP contribution >= 0.6 is 0 Å². The number of para-hydroxylation sites is 1. The molecule has 1 aromatic carbocycles. The first-order chi connectivity index (χ1) is 5.66. The normalized spacial score (nSPS) is 12.9. The lowest BCUT2D eigenvalue weighted by atomic mass is 10.0. The van der Waals surface area contributed by atoms with Crippen molar-refractivity contribution in [3.8, 4) is 5.75 Å². The Kier molecular flexibility index (Phi) is 2.65. The van der Waals surface area contributed by atoms with E-state index in [1.54, 1.807) is 25.1 Å². The maximum atomic E-state index is 12.1. The van der Waals surface area contributed by atoms with E-state index < -0.39 is 12.7 Å². The number of benzene rings is 1. The van der Waals surface area contributed by atoms with Gasteiger partial charge in [-0.15, -0.1) is 0 Å². The largest absolute Gasteiger partial charge is 0.507 e. The van der Waals surface area contributed by atoms with E-state index in [9.17, 15) is 9.50 Å². The summed E-state index contributed by atoms with van der Waals surface area (Å²) in [5.74, 6) is 0.0997. The number of phenolic OH excluding ortho intramolecular Hbond substituents is 1. The second kappa shape index (κ2) is 3.54. The summed E-state index contributed by atoms with van der Waals surface area (Å²) in [7, 11) is 0. The lowest BCUT2D eigenvalue weighted by Gasteiger charge is -2.10. The maximum Gasteiger partial charge on any atom is 0.123 e. The maximum absolute atomic E-state index is 12.1. The van der Waals surface area contributed by atoms with Crippen molar-refractivity contribution in [2.45, 2.75) is 13.0 Å². The second-order valence-electron chi connectivity index (χ2n) is 2.77. The third kappa shape index (κ3) is 1.56. The van der Waals surface area contributed by atoms with Crippen LogP contribution in [-0.2, 0) is 0 Å². The third-order valence-corrected chi connectivity index (χ3v) is 1.83. The van der Waals surface area contributed by atoms with Crippen LogP contribution in [0.25, 0.3) is 0 Å².